The van der Waals surface area contributed by atoms with E-state index in [1.807, 2.05) is 6.07 Å². The third-order valence-corrected chi connectivity index (χ3v) is 3.85. The van der Waals surface area contributed by atoms with E-state index in [-0.39, 0.29) is 0 Å². The van der Waals surface area contributed by atoms with Crippen LogP contribution in [0.25, 0.3) is 5.70 Å². The van der Waals surface area contributed by atoms with E-state index in [1.54, 1.807) is 0 Å². The summed E-state index contributed by atoms with van der Waals surface area (Å²) in [5.74, 6) is 0. The number of hydrogen-bond donors (Lipinski definition) is 0. The molecule has 106 valence electrons. The molecular weight excluding hydrogens is 254 g/mol. The van der Waals surface area contributed by atoms with Gasteiger partial charge in [0.15, 0.2) is 0 Å². The molecule has 0 aliphatic carbocycles. The van der Waals surface area contributed by atoms with Gasteiger partial charge in [-0.25, -0.2) is 0 Å². The van der Waals surface area contributed by atoms with Gasteiger partial charge in [0.05, 0.1) is 5.70 Å². The van der Waals surface area contributed by atoms with Crippen LogP contribution in [-0.2, 0) is 12.8 Å². The van der Waals surface area contributed by atoms with Crippen molar-refractivity contribution in [3.8, 4) is 0 Å². The van der Waals surface area contributed by atoms with Crippen LogP contribution < -0.4 is 0 Å². The van der Waals surface area contributed by atoms with Gasteiger partial charge < -0.3 is 0 Å². The molecule has 0 radical (unpaired) electrons. The first-order valence-electron chi connectivity index (χ1n) is 7.75. The van der Waals surface area contributed by atoms with Crippen molar-refractivity contribution >= 4 is 11.4 Å². The molecule has 0 saturated heterocycles. The van der Waals surface area contributed by atoms with Gasteiger partial charge in [-0.1, -0.05) is 74.0 Å². The molecule has 0 atom stereocenters. The highest BCUT2D eigenvalue weighted by Gasteiger charge is 2.10. The van der Waals surface area contributed by atoms with Crippen molar-refractivity contribution in [2.24, 2.45) is 4.99 Å². The second-order valence-electron chi connectivity index (χ2n) is 5.58. The fraction of sp³-hybridized carbons (Fsp3) is 0.250. The average Bonchev–Trinajstić information content (AvgIpc) is 2.99. The lowest BCUT2D eigenvalue weighted by atomic mass is 10.0. The standard InChI is InChI=1S/C20H21N/c1-2-6-16-9-11-17(12-10-16)15-19-13-14-20(21-19)18-7-4-3-5-8-18/h3-5,7-12,14H,2,6,13,15H2,1H3. The summed E-state index contributed by atoms with van der Waals surface area (Å²) in [6.07, 6.45) is 6.54. The van der Waals surface area contributed by atoms with E-state index in [9.17, 15) is 0 Å². The molecule has 0 N–H and O–H groups in total. The Hall–Kier alpha value is -2.15. The normalized spacial score (nSPS) is 14.0. The van der Waals surface area contributed by atoms with E-state index in [1.165, 1.54) is 35.2 Å². The molecule has 1 heterocycles. The summed E-state index contributed by atoms with van der Waals surface area (Å²) in [7, 11) is 0. The molecule has 0 saturated carbocycles. The Morgan fingerprint density at radius 2 is 1.62 bits per heavy atom. The van der Waals surface area contributed by atoms with Crippen LogP contribution in [0.2, 0.25) is 0 Å². The first kappa shape index (κ1) is 13.8. The maximum Gasteiger partial charge on any atom is 0.0665 e. The molecule has 2 aromatic rings. The number of benzene rings is 2. The molecule has 1 aliphatic rings. The second-order valence-corrected chi connectivity index (χ2v) is 5.58. The van der Waals surface area contributed by atoms with Gasteiger partial charge in [-0.2, -0.15) is 0 Å². The molecule has 0 amide bonds. The summed E-state index contributed by atoms with van der Waals surface area (Å²) in [5, 5.41) is 0. The van der Waals surface area contributed by atoms with Gasteiger partial charge in [-0.3, -0.25) is 4.99 Å². The monoisotopic (exact) mass is 275 g/mol. The van der Waals surface area contributed by atoms with Gasteiger partial charge >= 0.3 is 0 Å². The van der Waals surface area contributed by atoms with E-state index in [2.05, 4.69) is 61.5 Å². The van der Waals surface area contributed by atoms with Crippen LogP contribution in [0.4, 0.5) is 0 Å². The molecule has 0 fully saturated rings. The largest absolute Gasteiger partial charge is 0.257 e. The molecular formula is C20H21N. The third-order valence-electron chi connectivity index (χ3n) is 3.85. The maximum atomic E-state index is 4.79. The highest BCUT2D eigenvalue weighted by Crippen LogP contribution is 2.23. The summed E-state index contributed by atoms with van der Waals surface area (Å²) in [4.78, 5) is 4.79. The van der Waals surface area contributed by atoms with E-state index in [0.29, 0.717) is 0 Å². The van der Waals surface area contributed by atoms with Crippen molar-refractivity contribution in [3.63, 3.8) is 0 Å². The molecule has 3 rings (SSSR count). The van der Waals surface area contributed by atoms with Crippen molar-refractivity contribution in [1.29, 1.82) is 0 Å². The maximum absolute atomic E-state index is 4.79. The Kier molecular flexibility index (Phi) is 4.30. The number of aliphatic imine (C=N–C) groups is 1. The number of nitrogens with zero attached hydrogens (tertiary/aromatic N) is 1. The summed E-state index contributed by atoms with van der Waals surface area (Å²) in [6, 6.07) is 19.4. The zero-order valence-corrected chi connectivity index (χ0v) is 12.5. The SMILES string of the molecule is CCCc1ccc(CC2=NC(c3ccccc3)=CC2)cc1. The van der Waals surface area contributed by atoms with E-state index < -0.39 is 0 Å². The van der Waals surface area contributed by atoms with Crippen molar-refractivity contribution in [3.05, 3.63) is 77.4 Å². The summed E-state index contributed by atoms with van der Waals surface area (Å²) in [6.45, 7) is 2.22. The Balaban J connectivity index is 1.67. The Labute approximate surface area is 127 Å². The Morgan fingerprint density at radius 1 is 0.905 bits per heavy atom. The van der Waals surface area contributed by atoms with Crippen molar-refractivity contribution in [1.82, 2.24) is 0 Å². The van der Waals surface area contributed by atoms with Crippen LogP contribution in [-0.4, -0.2) is 5.71 Å². The predicted molar refractivity (Wildman–Crippen MR) is 90.6 cm³/mol. The molecule has 0 unspecified atom stereocenters. The van der Waals surface area contributed by atoms with Gasteiger partial charge in [-0.05, 0) is 23.1 Å². The van der Waals surface area contributed by atoms with Crippen LogP contribution in [0.1, 0.15) is 36.5 Å². The lowest BCUT2D eigenvalue weighted by Crippen LogP contribution is -1.99. The molecule has 0 spiro atoms. The molecule has 1 heteroatoms. The number of aryl methyl sites for hydroxylation is 1. The van der Waals surface area contributed by atoms with Crippen LogP contribution >= 0.6 is 0 Å². The molecule has 1 nitrogen and oxygen atoms in total. The number of hydrogen-bond acceptors (Lipinski definition) is 1. The van der Waals surface area contributed by atoms with Crippen molar-refractivity contribution in [2.75, 3.05) is 0 Å². The zero-order valence-electron chi connectivity index (χ0n) is 12.5. The molecule has 0 aromatic heterocycles. The lowest BCUT2D eigenvalue weighted by molar-refractivity contribution is 0.921. The Bertz CT molecular complexity index is 648. The minimum Gasteiger partial charge on any atom is -0.257 e. The van der Waals surface area contributed by atoms with Gasteiger partial charge in [0, 0.05) is 18.6 Å². The second kappa shape index (κ2) is 6.53. The molecule has 2 aromatic carbocycles. The lowest BCUT2D eigenvalue weighted by Gasteiger charge is -2.04. The van der Waals surface area contributed by atoms with Crippen LogP contribution in [0, 0.1) is 0 Å². The number of allylic oxidation sites excluding steroid dienone is 1. The quantitative estimate of drug-likeness (QED) is 0.722. The van der Waals surface area contributed by atoms with Gasteiger partial charge in [0.2, 0.25) is 0 Å². The van der Waals surface area contributed by atoms with Crippen LogP contribution in [0.15, 0.2) is 65.7 Å². The summed E-state index contributed by atoms with van der Waals surface area (Å²) in [5.41, 5.74) is 6.38. The van der Waals surface area contributed by atoms with Crippen LogP contribution in [0.3, 0.4) is 0 Å². The highest BCUT2D eigenvalue weighted by molar-refractivity contribution is 5.97. The fourth-order valence-electron chi connectivity index (χ4n) is 2.73. The predicted octanol–water partition coefficient (Wildman–Crippen LogP) is 5.07. The van der Waals surface area contributed by atoms with Crippen molar-refractivity contribution in [2.45, 2.75) is 32.6 Å². The van der Waals surface area contributed by atoms with Gasteiger partial charge in [0.1, 0.15) is 0 Å². The third kappa shape index (κ3) is 3.49. The minimum atomic E-state index is 0.958. The smallest absolute Gasteiger partial charge is 0.0665 e. The Morgan fingerprint density at radius 3 is 2.33 bits per heavy atom. The van der Waals surface area contributed by atoms with E-state index >= 15 is 0 Å². The first-order chi connectivity index (χ1) is 10.3. The first-order valence-corrected chi connectivity index (χ1v) is 7.75. The van der Waals surface area contributed by atoms with E-state index in [4.69, 9.17) is 4.99 Å². The van der Waals surface area contributed by atoms with E-state index in [0.717, 1.165) is 18.5 Å². The van der Waals surface area contributed by atoms with Crippen molar-refractivity contribution < 1.29 is 0 Å². The fourth-order valence-corrected chi connectivity index (χ4v) is 2.73. The zero-order chi connectivity index (χ0) is 14.5. The molecule has 0 bridgehead atoms. The topological polar surface area (TPSA) is 12.4 Å². The van der Waals surface area contributed by atoms with Gasteiger partial charge in [0.25, 0.3) is 0 Å². The average molecular weight is 275 g/mol. The molecule has 21 heavy (non-hydrogen) atoms. The summed E-state index contributed by atoms with van der Waals surface area (Å²) < 4.78 is 0. The van der Waals surface area contributed by atoms with Gasteiger partial charge in [-0.15, -0.1) is 0 Å². The minimum absolute atomic E-state index is 0.958. The summed E-state index contributed by atoms with van der Waals surface area (Å²) >= 11 is 0. The van der Waals surface area contributed by atoms with Crippen LogP contribution in [0.5, 0.6) is 0 Å². The number of rotatable bonds is 5. The highest BCUT2D eigenvalue weighted by atomic mass is 14.8. The molecule has 1 aliphatic heterocycles.